The number of esters is 1. The van der Waals surface area contributed by atoms with Gasteiger partial charge in [-0.05, 0) is 19.4 Å². The molecule has 0 bridgehead atoms. The fourth-order valence-electron chi connectivity index (χ4n) is 2.26. The molecule has 0 atom stereocenters. The second-order valence-electron chi connectivity index (χ2n) is 5.37. The van der Waals surface area contributed by atoms with E-state index < -0.39 is 12.1 Å². The smallest absolute Gasteiger partial charge is 0.410 e. The second-order valence-corrected chi connectivity index (χ2v) is 5.37. The van der Waals surface area contributed by atoms with Gasteiger partial charge in [0.1, 0.15) is 12.4 Å². The number of carbonyl (C=O) groups excluding carboxylic acids is 2. The normalized spacial score (nSPS) is 10.4. The lowest BCUT2D eigenvalue weighted by atomic mass is 10.2. The highest BCUT2D eigenvalue weighted by atomic mass is 16.6. The highest BCUT2D eigenvalue weighted by molar-refractivity contribution is 5.88. The van der Waals surface area contributed by atoms with Crippen LogP contribution in [0.1, 0.15) is 34.6 Å². The van der Waals surface area contributed by atoms with E-state index in [9.17, 15) is 9.59 Å². The third-order valence-corrected chi connectivity index (χ3v) is 3.66. The van der Waals surface area contributed by atoms with Crippen molar-refractivity contribution in [2.45, 2.75) is 26.9 Å². The van der Waals surface area contributed by atoms with Crippen LogP contribution in [0.5, 0.6) is 0 Å². The third kappa shape index (κ3) is 5.07. The van der Waals surface area contributed by atoms with E-state index in [2.05, 4.69) is 9.72 Å². The molecule has 0 aliphatic carbocycles. The van der Waals surface area contributed by atoms with Gasteiger partial charge in [0.2, 0.25) is 0 Å². The zero-order chi connectivity index (χ0) is 18.2. The van der Waals surface area contributed by atoms with Gasteiger partial charge in [-0.15, -0.1) is 0 Å². The molecule has 25 heavy (non-hydrogen) atoms. The molecule has 1 amide bonds. The minimum atomic E-state index is -0.540. The Morgan fingerprint density at radius 3 is 2.60 bits per heavy atom. The van der Waals surface area contributed by atoms with E-state index in [1.54, 1.807) is 11.8 Å². The van der Waals surface area contributed by atoms with Gasteiger partial charge in [-0.2, -0.15) is 0 Å². The lowest BCUT2D eigenvalue weighted by Crippen LogP contribution is -2.33. The topological polar surface area (TPSA) is 81.9 Å². The number of methoxy groups -OCH3 is 1. The molecule has 0 unspecified atom stereocenters. The van der Waals surface area contributed by atoms with Crippen molar-refractivity contribution in [1.29, 1.82) is 0 Å². The van der Waals surface area contributed by atoms with Crippen LogP contribution < -0.4 is 0 Å². The molecule has 0 aliphatic heterocycles. The Morgan fingerprint density at radius 2 is 1.96 bits per heavy atom. The Kier molecular flexibility index (Phi) is 6.56. The summed E-state index contributed by atoms with van der Waals surface area (Å²) in [6.07, 6.45) is -0.0191. The number of carbonyl (C=O) groups is 2. The quantitative estimate of drug-likeness (QED) is 0.717. The first kappa shape index (κ1) is 18.5. The number of amides is 1. The molecule has 0 saturated carbocycles. The summed E-state index contributed by atoms with van der Waals surface area (Å²) < 4.78 is 15.4. The molecule has 0 fully saturated rings. The maximum Gasteiger partial charge on any atom is 0.410 e. The van der Waals surface area contributed by atoms with Crippen LogP contribution in [0.4, 0.5) is 4.79 Å². The van der Waals surface area contributed by atoms with E-state index >= 15 is 0 Å². The van der Waals surface area contributed by atoms with Gasteiger partial charge in [0.05, 0.1) is 7.11 Å². The number of oxazole rings is 1. The van der Waals surface area contributed by atoms with Gasteiger partial charge in [-0.25, -0.2) is 14.6 Å². The summed E-state index contributed by atoms with van der Waals surface area (Å²) in [6.45, 7) is 4.61. The average molecular weight is 346 g/mol. The molecular formula is C18H22N2O5. The Bertz CT molecular complexity index is 712. The molecule has 7 nitrogen and oxygen atoms in total. The molecular weight excluding hydrogens is 324 g/mol. The van der Waals surface area contributed by atoms with Crippen molar-refractivity contribution in [3.05, 3.63) is 53.2 Å². The first-order valence-electron chi connectivity index (χ1n) is 8.05. The second kappa shape index (κ2) is 8.86. The van der Waals surface area contributed by atoms with Gasteiger partial charge in [0.25, 0.3) is 0 Å². The van der Waals surface area contributed by atoms with Gasteiger partial charge in [-0.1, -0.05) is 30.3 Å². The molecule has 134 valence electrons. The molecule has 0 radical (unpaired) electrons. The Labute approximate surface area is 146 Å². The maximum atomic E-state index is 12.2. The fourth-order valence-corrected chi connectivity index (χ4v) is 2.26. The van der Waals surface area contributed by atoms with Gasteiger partial charge in [-0.3, -0.25) is 0 Å². The number of hydrogen-bond acceptors (Lipinski definition) is 6. The Morgan fingerprint density at radius 1 is 1.24 bits per heavy atom. The Balaban J connectivity index is 1.89. The zero-order valence-corrected chi connectivity index (χ0v) is 14.7. The lowest BCUT2D eigenvalue weighted by molar-refractivity contribution is 0.0592. The number of benzene rings is 1. The first-order valence-corrected chi connectivity index (χ1v) is 8.05. The van der Waals surface area contributed by atoms with Crippen molar-refractivity contribution in [2.24, 2.45) is 0 Å². The Hall–Kier alpha value is -2.83. The van der Waals surface area contributed by atoms with Crippen LogP contribution in [-0.2, 0) is 22.5 Å². The van der Waals surface area contributed by atoms with Crippen LogP contribution in [0.3, 0.4) is 0 Å². The average Bonchev–Trinajstić information content (AvgIpc) is 3.01. The number of rotatable bonds is 7. The monoisotopic (exact) mass is 346 g/mol. The van der Waals surface area contributed by atoms with E-state index in [0.717, 1.165) is 5.56 Å². The maximum absolute atomic E-state index is 12.2. The highest BCUT2D eigenvalue weighted by Gasteiger charge is 2.19. The molecule has 1 heterocycles. The summed E-state index contributed by atoms with van der Waals surface area (Å²) >= 11 is 0. The first-order chi connectivity index (χ1) is 12.0. The van der Waals surface area contributed by atoms with Gasteiger partial charge in [0.15, 0.2) is 11.6 Å². The molecule has 7 heteroatoms. The van der Waals surface area contributed by atoms with E-state index in [-0.39, 0.29) is 12.3 Å². The zero-order valence-electron chi connectivity index (χ0n) is 14.7. The van der Waals surface area contributed by atoms with Crippen LogP contribution in [0.2, 0.25) is 0 Å². The molecule has 0 aliphatic rings. The summed E-state index contributed by atoms with van der Waals surface area (Å²) in [5.74, 6) is 0.242. The van der Waals surface area contributed by atoms with E-state index in [1.807, 2.05) is 37.3 Å². The lowest BCUT2D eigenvalue weighted by Gasteiger charge is -2.19. The SMILES string of the molecule is CCN(CCc1nc(C(=O)OC)c(C)o1)C(=O)OCc1ccccc1. The van der Waals surface area contributed by atoms with Crippen molar-refractivity contribution in [1.82, 2.24) is 9.88 Å². The van der Waals surface area contributed by atoms with Gasteiger partial charge >= 0.3 is 12.1 Å². The summed E-state index contributed by atoms with van der Waals surface area (Å²) in [4.78, 5) is 29.4. The predicted molar refractivity (Wildman–Crippen MR) is 90.2 cm³/mol. The van der Waals surface area contributed by atoms with Crippen LogP contribution in [0.25, 0.3) is 0 Å². The number of aryl methyl sites for hydroxylation is 1. The minimum Gasteiger partial charge on any atom is -0.464 e. The van der Waals surface area contributed by atoms with Crippen molar-refractivity contribution in [3.8, 4) is 0 Å². The molecule has 2 rings (SSSR count). The minimum absolute atomic E-state index is 0.159. The van der Waals surface area contributed by atoms with Crippen molar-refractivity contribution in [3.63, 3.8) is 0 Å². The van der Waals surface area contributed by atoms with Crippen LogP contribution in [0.15, 0.2) is 34.7 Å². The number of hydrogen-bond donors (Lipinski definition) is 0. The van der Waals surface area contributed by atoms with Crippen LogP contribution in [-0.4, -0.2) is 42.1 Å². The van der Waals surface area contributed by atoms with E-state index in [0.29, 0.717) is 31.2 Å². The number of nitrogens with zero attached hydrogens (tertiary/aromatic N) is 2. The van der Waals surface area contributed by atoms with Crippen molar-refractivity contribution < 1.29 is 23.5 Å². The van der Waals surface area contributed by atoms with Crippen LogP contribution >= 0.6 is 0 Å². The molecule has 1 aromatic carbocycles. The molecule has 1 aromatic heterocycles. The molecule has 2 aromatic rings. The third-order valence-electron chi connectivity index (χ3n) is 3.66. The molecule has 0 N–H and O–H groups in total. The number of ether oxygens (including phenoxy) is 2. The standard InChI is InChI=1S/C18H22N2O5/c1-4-20(18(22)24-12-14-8-6-5-7-9-14)11-10-15-19-16(13(2)25-15)17(21)23-3/h5-9H,4,10-12H2,1-3H3. The largest absolute Gasteiger partial charge is 0.464 e. The van der Waals surface area contributed by atoms with Crippen molar-refractivity contribution in [2.75, 3.05) is 20.2 Å². The van der Waals surface area contributed by atoms with Crippen LogP contribution in [0, 0.1) is 6.92 Å². The number of likely N-dealkylation sites (N-methyl/N-ethyl adjacent to an activating group) is 1. The highest BCUT2D eigenvalue weighted by Crippen LogP contribution is 2.12. The molecule has 0 spiro atoms. The molecule has 0 saturated heterocycles. The van der Waals surface area contributed by atoms with Crippen molar-refractivity contribution >= 4 is 12.1 Å². The summed E-state index contributed by atoms with van der Waals surface area (Å²) in [6, 6.07) is 9.49. The summed E-state index contributed by atoms with van der Waals surface area (Å²) in [7, 11) is 1.29. The van der Waals surface area contributed by atoms with E-state index in [4.69, 9.17) is 9.15 Å². The number of aromatic nitrogens is 1. The fraction of sp³-hybridized carbons (Fsp3) is 0.389. The summed E-state index contributed by atoms with van der Waals surface area (Å²) in [5.41, 5.74) is 1.09. The predicted octanol–water partition coefficient (Wildman–Crippen LogP) is 2.97. The summed E-state index contributed by atoms with van der Waals surface area (Å²) in [5, 5.41) is 0. The van der Waals surface area contributed by atoms with Gasteiger partial charge in [0, 0.05) is 19.5 Å². The van der Waals surface area contributed by atoms with Gasteiger partial charge < -0.3 is 18.8 Å². The van der Waals surface area contributed by atoms with E-state index in [1.165, 1.54) is 7.11 Å².